The first-order valence-corrected chi connectivity index (χ1v) is 12.0. The van der Waals surface area contributed by atoms with Crippen molar-refractivity contribution in [3.05, 3.63) is 64.6 Å². The Bertz CT molecular complexity index is 883. The van der Waals surface area contributed by atoms with Gasteiger partial charge in [-0.2, -0.15) is 4.31 Å². The highest BCUT2D eigenvalue weighted by molar-refractivity contribution is 9.10. The molecule has 8 heteroatoms. The number of benzene rings is 2. The lowest BCUT2D eigenvalue weighted by Gasteiger charge is -2.34. The van der Waals surface area contributed by atoms with Crippen LogP contribution in [0.1, 0.15) is 5.56 Å². The molecule has 0 atom stereocenters. The Hall–Kier alpha value is -1.35. The van der Waals surface area contributed by atoms with Crippen LogP contribution in [0, 0.1) is 0 Å². The van der Waals surface area contributed by atoms with E-state index in [9.17, 15) is 13.2 Å². The molecule has 3 rings (SSSR count). The minimum Gasteiger partial charge on any atom is -0.339 e. The molecule has 1 fully saturated rings. The van der Waals surface area contributed by atoms with Gasteiger partial charge in [-0.05, 0) is 33.6 Å². The first-order chi connectivity index (χ1) is 13.0. The average Bonchev–Trinajstić information content (AvgIpc) is 2.68. The molecule has 2 aromatic carbocycles. The molecular weight excluding hydrogens is 448 g/mol. The molecule has 0 bridgehead atoms. The number of hydrogen-bond acceptors (Lipinski definition) is 4. The maximum atomic E-state index is 12.6. The molecule has 1 aliphatic rings. The van der Waals surface area contributed by atoms with E-state index in [1.54, 1.807) is 4.90 Å². The number of amides is 1. The van der Waals surface area contributed by atoms with Crippen molar-refractivity contribution in [1.82, 2.24) is 9.21 Å². The Morgan fingerprint density at radius 2 is 1.59 bits per heavy atom. The number of nitrogens with zero attached hydrogens (tertiary/aromatic N) is 2. The van der Waals surface area contributed by atoms with Crippen molar-refractivity contribution in [3.8, 4) is 0 Å². The van der Waals surface area contributed by atoms with Gasteiger partial charge in [0.2, 0.25) is 15.9 Å². The van der Waals surface area contributed by atoms with Crippen LogP contribution < -0.4 is 0 Å². The number of piperazine rings is 1. The number of halogens is 1. The highest BCUT2D eigenvalue weighted by atomic mass is 79.9. The van der Waals surface area contributed by atoms with Crippen LogP contribution in [0.5, 0.6) is 0 Å². The van der Waals surface area contributed by atoms with E-state index in [0.717, 1.165) is 14.9 Å². The minimum atomic E-state index is -3.36. The van der Waals surface area contributed by atoms with Crippen LogP contribution in [0.15, 0.2) is 64.0 Å². The van der Waals surface area contributed by atoms with Gasteiger partial charge in [0.05, 0.1) is 11.5 Å². The van der Waals surface area contributed by atoms with Gasteiger partial charge in [0.15, 0.2) is 0 Å². The third-order valence-electron chi connectivity index (χ3n) is 4.36. The Morgan fingerprint density at radius 1 is 0.963 bits per heavy atom. The lowest BCUT2D eigenvalue weighted by molar-refractivity contribution is -0.129. The van der Waals surface area contributed by atoms with Crippen LogP contribution >= 0.6 is 27.7 Å². The zero-order valence-corrected chi connectivity index (χ0v) is 18.0. The van der Waals surface area contributed by atoms with Crippen LogP contribution in [0.4, 0.5) is 0 Å². The first kappa shape index (κ1) is 20.4. The fourth-order valence-electron chi connectivity index (χ4n) is 2.88. The van der Waals surface area contributed by atoms with E-state index in [4.69, 9.17) is 0 Å². The van der Waals surface area contributed by atoms with Crippen LogP contribution in [-0.4, -0.2) is 55.5 Å². The molecule has 2 aromatic rings. The number of thioether (sulfide) groups is 1. The molecule has 27 heavy (non-hydrogen) atoms. The molecule has 0 radical (unpaired) electrons. The fourth-order valence-corrected chi connectivity index (χ4v) is 5.87. The topological polar surface area (TPSA) is 57.7 Å². The van der Waals surface area contributed by atoms with Crippen molar-refractivity contribution in [2.75, 3.05) is 31.9 Å². The second kappa shape index (κ2) is 9.23. The second-order valence-corrected chi connectivity index (χ2v) is 10.1. The minimum absolute atomic E-state index is 0.000325. The van der Waals surface area contributed by atoms with E-state index in [-0.39, 0.29) is 11.7 Å². The van der Waals surface area contributed by atoms with E-state index in [1.807, 2.05) is 54.6 Å². The van der Waals surface area contributed by atoms with Crippen molar-refractivity contribution < 1.29 is 13.2 Å². The summed E-state index contributed by atoms with van der Waals surface area (Å²) in [6.45, 7) is 1.56. The van der Waals surface area contributed by atoms with Crippen molar-refractivity contribution in [2.45, 2.75) is 10.6 Å². The SMILES string of the molecule is O=C(CSc1ccccc1Br)N1CCN(S(=O)(=O)Cc2ccccc2)CC1. The molecule has 1 saturated heterocycles. The number of carbonyl (C=O) groups is 1. The third kappa shape index (κ3) is 5.57. The summed E-state index contributed by atoms with van der Waals surface area (Å²) < 4.78 is 27.6. The summed E-state index contributed by atoms with van der Waals surface area (Å²) in [4.78, 5) is 15.2. The molecule has 1 amide bonds. The summed E-state index contributed by atoms with van der Waals surface area (Å²) in [7, 11) is -3.36. The Labute approximate surface area is 172 Å². The summed E-state index contributed by atoms with van der Waals surface area (Å²) in [5.74, 6) is 0.384. The molecular formula is C19H21BrN2O3S2. The van der Waals surface area contributed by atoms with Crippen LogP contribution in [0.3, 0.4) is 0 Å². The normalized spacial score (nSPS) is 15.7. The molecule has 1 heterocycles. The maximum absolute atomic E-state index is 12.6. The van der Waals surface area contributed by atoms with Gasteiger partial charge in [-0.1, -0.05) is 42.5 Å². The number of sulfonamides is 1. The van der Waals surface area contributed by atoms with E-state index >= 15 is 0 Å². The van der Waals surface area contributed by atoms with Crippen LogP contribution in [-0.2, 0) is 20.6 Å². The predicted octanol–water partition coefficient (Wildman–Crippen LogP) is 3.22. The van der Waals surface area contributed by atoms with Gasteiger partial charge >= 0.3 is 0 Å². The van der Waals surface area contributed by atoms with E-state index in [2.05, 4.69) is 15.9 Å². The standard InChI is InChI=1S/C19H21BrN2O3S2/c20-17-8-4-5-9-18(17)26-14-19(23)21-10-12-22(13-11-21)27(24,25)15-16-6-2-1-3-7-16/h1-9H,10-15H2. The number of rotatable bonds is 6. The lowest BCUT2D eigenvalue weighted by atomic mass is 10.2. The molecule has 0 aliphatic carbocycles. The monoisotopic (exact) mass is 468 g/mol. The third-order valence-corrected chi connectivity index (χ3v) is 8.23. The van der Waals surface area contributed by atoms with Gasteiger partial charge in [0.1, 0.15) is 0 Å². The predicted molar refractivity (Wildman–Crippen MR) is 112 cm³/mol. The zero-order valence-electron chi connectivity index (χ0n) is 14.8. The summed E-state index contributed by atoms with van der Waals surface area (Å²) in [6.07, 6.45) is 0. The summed E-state index contributed by atoms with van der Waals surface area (Å²) in [6, 6.07) is 17.0. The molecule has 0 spiro atoms. The molecule has 5 nitrogen and oxygen atoms in total. The maximum Gasteiger partial charge on any atom is 0.233 e. The summed E-state index contributed by atoms with van der Waals surface area (Å²) >= 11 is 4.97. The number of hydrogen-bond donors (Lipinski definition) is 0. The second-order valence-electron chi connectivity index (χ2n) is 6.24. The molecule has 1 aliphatic heterocycles. The quantitative estimate of drug-likeness (QED) is 0.610. The van der Waals surface area contributed by atoms with Crippen LogP contribution in [0.2, 0.25) is 0 Å². The highest BCUT2D eigenvalue weighted by Crippen LogP contribution is 2.27. The zero-order chi connectivity index (χ0) is 19.3. The first-order valence-electron chi connectivity index (χ1n) is 8.62. The van der Waals surface area contributed by atoms with Gasteiger partial charge in [0.25, 0.3) is 0 Å². The number of carbonyl (C=O) groups excluding carboxylic acids is 1. The average molecular weight is 469 g/mol. The Kier molecular flexibility index (Phi) is 6.97. The molecule has 0 saturated carbocycles. The van der Waals surface area contributed by atoms with E-state index in [1.165, 1.54) is 16.1 Å². The summed E-state index contributed by atoms with van der Waals surface area (Å²) in [5.41, 5.74) is 0.779. The van der Waals surface area contributed by atoms with Crippen LogP contribution in [0.25, 0.3) is 0 Å². The van der Waals surface area contributed by atoms with Crippen molar-refractivity contribution in [1.29, 1.82) is 0 Å². The smallest absolute Gasteiger partial charge is 0.233 e. The van der Waals surface area contributed by atoms with Gasteiger partial charge in [-0.15, -0.1) is 11.8 Å². The van der Waals surface area contributed by atoms with Gasteiger partial charge in [-0.3, -0.25) is 4.79 Å². The van der Waals surface area contributed by atoms with Gasteiger partial charge in [0, 0.05) is 35.5 Å². The van der Waals surface area contributed by atoms with E-state index in [0.29, 0.717) is 31.9 Å². The Morgan fingerprint density at radius 3 is 2.26 bits per heavy atom. The molecule has 144 valence electrons. The highest BCUT2D eigenvalue weighted by Gasteiger charge is 2.28. The van der Waals surface area contributed by atoms with Gasteiger partial charge < -0.3 is 4.90 Å². The van der Waals surface area contributed by atoms with Gasteiger partial charge in [-0.25, -0.2) is 8.42 Å². The van der Waals surface area contributed by atoms with E-state index < -0.39 is 10.0 Å². The largest absolute Gasteiger partial charge is 0.339 e. The lowest BCUT2D eigenvalue weighted by Crippen LogP contribution is -2.51. The fraction of sp³-hybridized carbons (Fsp3) is 0.316. The van der Waals surface area contributed by atoms with Crippen molar-refractivity contribution >= 4 is 43.6 Å². The van der Waals surface area contributed by atoms with Crippen molar-refractivity contribution in [2.24, 2.45) is 0 Å². The molecule has 0 N–H and O–H groups in total. The molecule has 0 unspecified atom stereocenters. The Balaban J connectivity index is 1.50. The molecule has 0 aromatic heterocycles. The van der Waals surface area contributed by atoms with Crippen molar-refractivity contribution in [3.63, 3.8) is 0 Å². The summed E-state index contributed by atoms with van der Waals surface area (Å²) in [5, 5.41) is 0.